The lowest BCUT2D eigenvalue weighted by molar-refractivity contribution is 0.388. The Morgan fingerprint density at radius 1 is 1.24 bits per heavy atom. The number of benzene rings is 1. The molecule has 0 aliphatic rings. The Labute approximate surface area is 99.5 Å². The van der Waals surface area contributed by atoms with Gasteiger partial charge in [0.05, 0.1) is 7.11 Å². The van der Waals surface area contributed by atoms with Crippen molar-refractivity contribution in [2.45, 2.75) is 13.8 Å². The summed E-state index contributed by atoms with van der Waals surface area (Å²) in [7, 11) is 1.44. The fourth-order valence-electron chi connectivity index (χ4n) is 1.61. The van der Waals surface area contributed by atoms with Gasteiger partial charge in [-0.25, -0.2) is 4.98 Å². The zero-order valence-electron chi connectivity index (χ0n) is 10.1. The number of aryl methyl sites for hydroxylation is 2. The van der Waals surface area contributed by atoms with E-state index in [2.05, 4.69) is 4.98 Å². The van der Waals surface area contributed by atoms with Gasteiger partial charge in [-0.3, -0.25) is 9.36 Å². The number of rotatable bonds is 2. The van der Waals surface area contributed by atoms with E-state index in [1.54, 1.807) is 12.4 Å². The van der Waals surface area contributed by atoms with E-state index in [0.29, 0.717) is 0 Å². The van der Waals surface area contributed by atoms with Gasteiger partial charge in [0.15, 0.2) is 0 Å². The molecular weight excluding hydrogens is 216 g/mol. The second-order valence-corrected chi connectivity index (χ2v) is 3.88. The van der Waals surface area contributed by atoms with Crippen LogP contribution in [0.5, 0.6) is 5.88 Å². The van der Waals surface area contributed by atoms with Crippen LogP contribution in [0.15, 0.2) is 35.4 Å². The van der Waals surface area contributed by atoms with Crippen LogP contribution in [-0.4, -0.2) is 16.7 Å². The van der Waals surface area contributed by atoms with Crippen LogP contribution in [-0.2, 0) is 0 Å². The van der Waals surface area contributed by atoms with Gasteiger partial charge in [-0.05, 0) is 37.1 Å². The van der Waals surface area contributed by atoms with E-state index in [4.69, 9.17) is 4.74 Å². The summed E-state index contributed by atoms with van der Waals surface area (Å²) < 4.78 is 6.44. The summed E-state index contributed by atoms with van der Waals surface area (Å²) in [5.41, 5.74) is 2.91. The highest BCUT2D eigenvalue weighted by atomic mass is 16.5. The zero-order valence-corrected chi connectivity index (χ0v) is 10.1. The molecule has 17 heavy (non-hydrogen) atoms. The normalized spacial score (nSPS) is 10.3. The van der Waals surface area contributed by atoms with E-state index >= 15 is 0 Å². The average molecular weight is 230 g/mol. The van der Waals surface area contributed by atoms with Crippen LogP contribution in [0.25, 0.3) is 5.69 Å². The Bertz CT molecular complexity index is 603. The summed E-state index contributed by atoms with van der Waals surface area (Å²) in [6, 6.07) is 5.86. The maximum Gasteiger partial charge on any atom is 0.317 e. The first-order valence-corrected chi connectivity index (χ1v) is 5.33. The maximum absolute atomic E-state index is 12.0. The van der Waals surface area contributed by atoms with Gasteiger partial charge in [0, 0.05) is 18.1 Å². The van der Waals surface area contributed by atoms with E-state index in [-0.39, 0.29) is 11.4 Å². The molecule has 4 heteroatoms. The molecule has 0 aliphatic heterocycles. The highest BCUT2D eigenvalue weighted by Gasteiger charge is 2.06. The first-order chi connectivity index (χ1) is 8.13. The van der Waals surface area contributed by atoms with E-state index in [1.807, 2.05) is 32.0 Å². The first-order valence-electron chi connectivity index (χ1n) is 5.33. The minimum Gasteiger partial charge on any atom is -0.477 e. The molecule has 0 fully saturated rings. The standard InChI is InChI=1S/C13H14N2O2/c1-9-4-5-11(8-10(9)2)15-7-6-14-12(17-3)13(15)16/h4-8H,1-3H3. The minimum absolute atomic E-state index is 0.103. The summed E-state index contributed by atoms with van der Waals surface area (Å²) in [4.78, 5) is 15.8. The van der Waals surface area contributed by atoms with Crippen LogP contribution in [0.1, 0.15) is 11.1 Å². The Hall–Kier alpha value is -2.10. The number of ether oxygens (including phenoxy) is 1. The first kappa shape index (κ1) is 11.4. The lowest BCUT2D eigenvalue weighted by atomic mass is 10.1. The van der Waals surface area contributed by atoms with Gasteiger partial charge in [0.1, 0.15) is 0 Å². The van der Waals surface area contributed by atoms with Crippen molar-refractivity contribution in [2.24, 2.45) is 0 Å². The molecule has 0 aliphatic carbocycles. The topological polar surface area (TPSA) is 44.1 Å². The minimum atomic E-state index is -0.252. The number of methoxy groups -OCH3 is 1. The van der Waals surface area contributed by atoms with Crippen molar-refractivity contribution in [3.8, 4) is 11.6 Å². The average Bonchev–Trinajstić information content (AvgIpc) is 2.33. The largest absolute Gasteiger partial charge is 0.477 e. The molecule has 1 aromatic heterocycles. The molecule has 0 saturated carbocycles. The maximum atomic E-state index is 12.0. The number of hydrogen-bond acceptors (Lipinski definition) is 3. The van der Waals surface area contributed by atoms with Crippen LogP contribution < -0.4 is 10.3 Å². The molecule has 0 saturated heterocycles. The van der Waals surface area contributed by atoms with E-state index in [9.17, 15) is 4.79 Å². The Morgan fingerprint density at radius 3 is 2.65 bits per heavy atom. The molecule has 1 heterocycles. The molecule has 0 spiro atoms. The second kappa shape index (κ2) is 4.41. The van der Waals surface area contributed by atoms with Gasteiger partial charge < -0.3 is 4.74 Å². The van der Waals surface area contributed by atoms with Gasteiger partial charge in [0.2, 0.25) is 0 Å². The molecular formula is C13H14N2O2. The van der Waals surface area contributed by atoms with Crippen molar-refractivity contribution in [2.75, 3.05) is 7.11 Å². The molecule has 0 unspecified atom stereocenters. The Morgan fingerprint density at radius 2 is 2.00 bits per heavy atom. The molecule has 2 aromatic rings. The monoisotopic (exact) mass is 230 g/mol. The summed E-state index contributed by atoms with van der Waals surface area (Å²) in [6.07, 6.45) is 3.18. The number of aromatic nitrogens is 2. The molecule has 0 amide bonds. The van der Waals surface area contributed by atoms with Crippen molar-refractivity contribution in [3.63, 3.8) is 0 Å². The molecule has 0 bridgehead atoms. The van der Waals surface area contributed by atoms with Crippen LogP contribution in [0.3, 0.4) is 0 Å². The van der Waals surface area contributed by atoms with Gasteiger partial charge in [-0.15, -0.1) is 0 Å². The molecule has 0 N–H and O–H groups in total. The van der Waals surface area contributed by atoms with Crippen LogP contribution >= 0.6 is 0 Å². The molecule has 0 atom stereocenters. The number of nitrogens with zero attached hydrogens (tertiary/aromatic N) is 2. The lowest BCUT2D eigenvalue weighted by Crippen LogP contribution is -2.20. The number of hydrogen-bond donors (Lipinski definition) is 0. The van der Waals surface area contributed by atoms with Crippen molar-refractivity contribution < 1.29 is 4.74 Å². The molecule has 2 rings (SSSR count). The highest BCUT2D eigenvalue weighted by Crippen LogP contribution is 2.12. The highest BCUT2D eigenvalue weighted by molar-refractivity contribution is 5.40. The third-order valence-electron chi connectivity index (χ3n) is 2.77. The van der Waals surface area contributed by atoms with Crippen LogP contribution in [0.2, 0.25) is 0 Å². The van der Waals surface area contributed by atoms with Crippen LogP contribution in [0, 0.1) is 13.8 Å². The Kier molecular flexibility index (Phi) is 2.95. The molecule has 88 valence electrons. The van der Waals surface area contributed by atoms with Crippen LogP contribution in [0.4, 0.5) is 0 Å². The smallest absolute Gasteiger partial charge is 0.317 e. The fraction of sp³-hybridized carbons (Fsp3) is 0.231. The summed E-state index contributed by atoms with van der Waals surface area (Å²) >= 11 is 0. The molecule has 0 radical (unpaired) electrons. The van der Waals surface area contributed by atoms with E-state index < -0.39 is 0 Å². The molecule has 4 nitrogen and oxygen atoms in total. The summed E-state index contributed by atoms with van der Waals surface area (Å²) in [6.45, 7) is 4.05. The predicted octanol–water partition coefficient (Wildman–Crippen LogP) is 1.86. The van der Waals surface area contributed by atoms with Gasteiger partial charge in [-0.2, -0.15) is 0 Å². The second-order valence-electron chi connectivity index (χ2n) is 3.88. The van der Waals surface area contributed by atoms with Crippen molar-refractivity contribution in [1.29, 1.82) is 0 Å². The fourth-order valence-corrected chi connectivity index (χ4v) is 1.61. The molecule has 1 aromatic carbocycles. The van der Waals surface area contributed by atoms with Crippen molar-refractivity contribution in [1.82, 2.24) is 9.55 Å². The van der Waals surface area contributed by atoms with Crippen molar-refractivity contribution >= 4 is 0 Å². The predicted molar refractivity (Wildman–Crippen MR) is 65.9 cm³/mol. The summed E-state index contributed by atoms with van der Waals surface area (Å²) in [5, 5.41) is 0. The van der Waals surface area contributed by atoms with E-state index in [0.717, 1.165) is 11.3 Å². The summed E-state index contributed by atoms with van der Waals surface area (Å²) in [5.74, 6) is 0.103. The SMILES string of the molecule is COc1nccn(-c2ccc(C)c(C)c2)c1=O. The third kappa shape index (κ3) is 2.06. The Balaban J connectivity index is 2.61. The van der Waals surface area contributed by atoms with Gasteiger partial charge in [0.25, 0.3) is 5.88 Å². The lowest BCUT2D eigenvalue weighted by Gasteiger charge is -2.08. The third-order valence-corrected chi connectivity index (χ3v) is 2.77. The quantitative estimate of drug-likeness (QED) is 0.791. The van der Waals surface area contributed by atoms with Gasteiger partial charge >= 0.3 is 5.56 Å². The van der Waals surface area contributed by atoms with Crippen molar-refractivity contribution in [3.05, 3.63) is 52.1 Å². The van der Waals surface area contributed by atoms with E-state index in [1.165, 1.54) is 17.2 Å². The zero-order chi connectivity index (χ0) is 12.4. The van der Waals surface area contributed by atoms with Gasteiger partial charge in [-0.1, -0.05) is 6.07 Å².